The molecule has 2 nitrogen and oxygen atoms in total. The Bertz CT molecular complexity index is 382. The number of aliphatic imine (C=N–C) groups is 1. The Morgan fingerprint density at radius 2 is 2.21 bits per heavy atom. The van der Waals surface area contributed by atoms with Gasteiger partial charge in [-0.2, -0.15) is 0 Å². The molecule has 2 rings (SSSR count). The molecule has 14 heavy (non-hydrogen) atoms. The molecule has 0 radical (unpaired) electrons. The van der Waals surface area contributed by atoms with Gasteiger partial charge in [-0.3, -0.25) is 4.99 Å². The third kappa shape index (κ3) is 1.52. The zero-order chi connectivity index (χ0) is 10.1. The highest BCUT2D eigenvalue weighted by molar-refractivity contribution is 5.84. The Morgan fingerprint density at radius 3 is 2.93 bits per heavy atom. The zero-order valence-electron chi connectivity index (χ0n) is 8.87. The molecule has 0 fully saturated rings. The van der Waals surface area contributed by atoms with E-state index in [1.807, 2.05) is 6.21 Å². The molecule has 0 aliphatic carbocycles. The van der Waals surface area contributed by atoms with Crippen LogP contribution in [-0.4, -0.2) is 19.4 Å². The van der Waals surface area contributed by atoms with Crippen LogP contribution in [0, 0.1) is 6.92 Å². The van der Waals surface area contributed by atoms with Crippen molar-refractivity contribution in [3.63, 3.8) is 0 Å². The lowest BCUT2D eigenvalue weighted by atomic mass is 9.96. The van der Waals surface area contributed by atoms with Crippen molar-refractivity contribution < 1.29 is 4.74 Å². The molecule has 0 aromatic heterocycles. The lowest BCUT2D eigenvalue weighted by Gasteiger charge is -2.17. The third-order valence-electron chi connectivity index (χ3n) is 2.64. The monoisotopic (exact) mass is 189 g/mol. The molecule has 1 heterocycles. The van der Waals surface area contributed by atoms with Gasteiger partial charge < -0.3 is 4.74 Å². The molecule has 0 saturated carbocycles. The van der Waals surface area contributed by atoms with E-state index >= 15 is 0 Å². The van der Waals surface area contributed by atoms with E-state index in [-0.39, 0.29) is 0 Å². The molecular formula is C12H15NO. The number of benzene rings is 1. The van der Waals surface area contributed by atoms with E-state index in [0.29, 0.717) is 6.04 Å². The van der Waals surface area contributed by atoms with E-state index in [1.165, 1.54) is 16.7 Å². The van der Waals surface area contributed by atoms with Crippen LogP contribution in [0.25, 0.3) is 0 Å². The van der Waals surface area contributed by atoms with E-state index in [0.717, 1.165) is 12.2 Å². The molecule has 0 bridgehead atoms. The number of hydrogen-bond donors (Lipinski definition) is 0. The number of methoxy groups -OCH3 is 1. The Hall–Kier alpha value is -1.31. The molecule has 1 aromatic carbocycles. The van der Waals surface area contributed by atoms with Gasteiger partial charge in [0.05, 0.1) is 13.2 Å². The minimum atomic E-state index is 0.398. The molecule has 0 amide bonds. The van der Waals surface area contributed by atoms with Crippen LogP contribution in [0.3, 0.4) is 0 Å². The fraction of sp³-hybridized carbons (Fsp3) is 0.417. The second kappa shape index (κ2) is 3.45. The third-order valence-corrected chi connectivity index (χ3v) is 2.64. The summed E-state index contributed by atoms with van der Waals surface area (Å²) in [7, 11) is 1.72. The fourth-order valence-electron chi connectivity index (χ4n) is 1.85. The van der Waals surface area contributed by atoms with Gasteiger partial charge in [-0.05, 0) is 49.1 Å². The normalized spacial score (nSPS) is 19.2. The van der Waals surface area contributed by atoms with Crippen LogP contribution >= 0.6 is 0 Å². The highest BCUT2D eigenvalue weighted by Crippen LogP contribution is 2.25. The van der Waals surface area contributed by atoms with Gasteiger partial charge in [-0.25, -0.2) is 0 Å². The number of hydrogen-bond acceptors (Lipinski definition) is 2. The van der Waals surface area contributed by atoms with Crippen molar-refractivity contribution in [2.75, 3.05) is 7.11 Å². The van der Waals surface area contributed by atoms with Crippen LogP contribution < -0.4 is 4.74 Å². The van der Waals surface area contributed by atoms with Crippen molar-refractivity contribution in [1.82, 2.24) is 0 Å². The van der Waals surface area contributed by atoms with E-state index in [4.69, 9.17) is 4.74 Å². The second-order valence-corrected chi connectivity index (χ2v) is 3.85. The van der Waals surface area contributed by atoms with Crippen molar-refractivity contribution in [3.05, 3.63) is 28.8 Å². The molecule has 0 saturated heterocycles. The summed E-state index contributed by atoms with van der Waals surface area (Å²) >= 11 is 0. The average Bonchev–Trinajstić information content (AvgIpc) is 2.17. The minimum absolute atomic E-state index is 0.398. The first kappa shape index (κ1) is 9.25. The number of rotatable bonds is 1. The van der Waals surface area contributed by atoms with E-state index in [9.17, 15) is 0 Å². The predicted octanol–water partition coefficient (Wildman–Crippen LogP) is 2.37. The van der Waals surface area contributed by atoms with Crippen LogP contribution in [0.2, 0.25) is 0 Å². The molecular weight excluding hydrogens is 174 g/mol. The second-order valence-electron chi connectivity index (χ2n) is 3.85. The van der Waals surface area contributed by atoms with Crippen molar-refractivity contribution in [2.24, 2.45) is 4.99 Å². The van der Waals surface area contributed by atoms with E-state index in [2.05, 4.69) is 31.0 Å². The summed E-state index contributed by atoms with van der Waals surface area (Å²) in [5, 5.41) is 0. The van der Waals surface area contributed by atoms with Crippen molar-refractivity contribution in [1.29, 1.82) is 0 Å². The van der Waals surface area contributed by atoms with Gasteiger partial charge in [0.2, 0.25) is 0 Å². The quantitative estimate of drug-likeness (QED) is 0.664. The summed E-state index contributed by atoms with van der Waals surface area (Å²) < 4.78 is 5.30. The molecule has 1 atom stereocenters. The van der Waals surface area contributed by atoms with E-state index < -0.39 is 0 Å². The molecule has 74 valence electrons. The number of aryl methyl sites for hydroxylation is 1. The molecule has 1 aromatic rings. The van der Waals surface area contributed by atoms with Gasteiger partial charge in [0.1, 0.15) is 5.75 Å². The van der Waals surface area contributed by atoms with Gasteiger partial charge in [0, 0.05) is 6.21 Å². The number of fused-ring (bicyclic) bond motifs is 1. The Labute approximate surface area is 84.6 Å². The smallest absolute Gasteiger partial charge is 0.122 e. The van der Waals surface area contributed by atoms with Crippen LogP contribution in [0.15, 0.2) is 17.1 Å². The SMILES string of the molecule is COc1cc2c(cc1C)C=N[C@@H](C)C2. The molecule has 2 heteroatoms. The summed E-state index contributed by atoms with van der Waals surface area (Å²) in [6, 6.07) is 4.67. The van der Waals surface area contributed by atoms with E-state index in [1.54, 1.807) is 7.11 Å². The Kier molecular flexibility index (Phi) is 2.28. The maximum absolute atomic E-state index is 5.30. The summed E-state index contributed by atoms with van der Waals surface area (Å²) in [4.78, 5) is 4.40. The minimum Gasteiger partial charge on any atom is -0.496 e. The van der Waals surface area contributed by atoms with Gasteiger partial charge in [0.25, 0.3) is 0 Å². The first-order chi connectivity index (χ1) is 6.70. The number of ether oxygens (including phenoxy) is 1. The van der Waals surface area contributed by atoms with Gasteiger partial charge in [-0.1, -0.05) is 0 Å². The Balaban J connectivity index is 2.48. The maximum Gasteiger partial charge on any atom is 0.122 e. The van der Waals surface area contributed by atoms with Crippen LogP contribution in [0.5, 0.6) is 5.75 Å². The summed E-state index contributed by atoms with van der Waals surface area (Å²) in [6.07, 6.45) is 2.98. The van der Waals surface area contributed by atoms with Crippen molar-refractivity contribution in [3.8, 4) is 5.75 Å². The molecule has 0 unspecified atom stereocenters. The molecule has 1 aliphatic heterocycles. The van der Waals surface area contributed by atoms with Crippen LogP contribution in [-0.2, 0) is 6.42 Å². The highest BCUT2D eigenvalue weighted by atomic mass is 16.5. The van der Waals surface area contributed by atoms with Gasteiger partial charge in [0.15, 0.2) is 0 Å². The number of nitrogens with zero attached hydrogens (tertiary/aromatic N) is 1. The molecule has 0 spiro atoms. The lowest BCUT2D eigenvalue weighted by molar-refractivity contribution is 0.411. The first-order valence-corrected chi connectivity index (χ1v) is 4.91. The fourth-order valence-corrected chi connectivity index (χ4v) is 1.85. The predicted molar refractivity (Wildman–Crippen MR) is 58.5 cm³/mol. The maximum atomic E-state index is 5.30. The summed E-state index contributed by atoms with van der Waals surface area (Å²) in [5.41, 5.74) is 3.75. The highest BCUT2D eigenvalue weighted by Gasteiger charge is 2.13. The molecule has 0 N–H and O–H groups in total. The standard InChI is InChI=1S/C12H15NO/c1-8-4-11-7-13-9(2)5-10(11)6-12(8)14-3/h4,6-7,9H,5H2,1-3H3/t9-/m0/s1. The average molecular weight is 189 g/mol. The van der Waals surface area contributed by atoms with Gasteiger partial charge >= 0.3 is 0 Å². The topological polar surface area (TPSA) is 21.6 Å². The lowest BCUT2D eigenvalue weighted by Crippen LogP contribution is -2.12. The summed E-state index contributed by atoms with van der Waals surface area (Å²) in [6.45, 7) is 4.19. The zero-order valence-corrected chi connectivity index (χ0v) is 8.87. The van der Waals surface area contributed by atoms with Crippen LogP contribution in [0.1, 0.15) is 23.6 Å². The van der Waals surface area contributed by atoms with Crippen molar-refractivity contribution >= 4 is 6.21 Å². The summed E-state index contributed by atoms with van der Waals surface area (Å²) in [5.74, 6) is 0.978. The van der Waals surface area contributed by atoms with Crippen LogP contribution in [0.4, 0.5) is 0 Å². The Morgan fingerprint density at radius 1 is 1.43 bits per heavy atom. The first-order valence-electron chi connectivity index (χ1n) is 4.91. The van der Waals surface area contributed by atoms with Gasteiger partial charge in [-0.15, -0.1) is 0 Å². The van der Waals surface area contributed by atoms with Crippen molar-refractivity contribution in [2.45, 2.75) is 26.3 Å². The molecule has 1 aliphatic rings. The largest absolute Gasteiger partial charge is 0.496 e.